The Morgan fingerprint density at radius 3 is 2.45 bits per heavy atom. The Kier molecular flexibility index (Phi) is 4.38. The number of hydrogen-bond acceptors (Lipinski definition) is 3. The van der Waals surface area contributed by atoms with E-state index in [1.807, 2.05) is 0 Å². The fraction of sp³-hybridized carbons (Fsp3) is 0.500. The summed E-state index contributed by atoms with van der Waals surface area (Å²) in [6, 6.07) is 0. The summed E-state index contributed by atoms with van der Waals surface area (Å²) >= 11 is 0. The molecule has 62 valence electrons. The Morgan fingerprint density at radius 1 is 1.55 bits per heavy atom. The molecule has 0 saturated carbocycles. The molecule has 0 aromatic carbocycles. The standard InChI is InChI=1S/C8H12O3/c1-6(5-9)3-4-8(11)7(2)10/h3,5,8,11H,4H2,1-2H3/b6-3+. The molecule has 0 aliphatic heterocycles. The number of carbonyl (C=O) groups excluding carboxylic acids is 2. The van der Waals surface area contributed by atoms with E-state index < -0.39 is 6.10 Å². The minimum absolute atomic E-state index is 0.222. The summed E-state index contributed by atoms with van der Waals surface area (Å²) in [4.78, 5) is 20.5. The second-order valence-electron chi connectivity index (χ2n) is 2.43. The third-order valence-electron chi connectivity index (χ3n) is 1.32. The number of aliphatic hydroxyl groups is 1. The van der Waals surface area contributed by atoms with Crippen molar-refractivity contribution in [2.75, 3.05) is 0 Å². The highest BCUT2D eigenvalue weighted by atomic mass is 16.3. The van der Waals surface area contributed by atoms with Crippen molar-refractivity contribution in [3.8, 4) is 0 Å². The van der Waals surface area contributed by atoms with Crippen molar-refractivity contribution in [1.29, 1.82) is 0 Å². The number of Topliss-reactive ketones (excluding diaryl/α,β-unsaturated/α-hetero) is 1. The molecule has 3 nitrogen and oxygen atoms in total. The molecule has 1 unspecified atom stereocenters. The van der Waals surface area contributed by atoms with Crippen LogP contribution >= 0.6 is 0 Å². The maximum Gasteiger partial charge on any atom is 0.158 e. The highest BCUT2D eigenvalue weighted by Crippen LogP contribution is 1.97. The lowest BCUT2D eigenvalue weighted by Crippen LogP contribution is -2.15. The number of allylic oxidation sites excluding steroid dienone is 1. The van der Waals surface area contributed by atoms with E-state index in [9.17, 15) is 9.59 Å². The number of rotatable bonds is 4. The van der Waals surface area contributed by atoms with Crippen LogP contribution in [0.1, 0.15) is 20.3 Å². The van der Waals surface area contributed by atoms with Gasteiger partial charge in [0, 0.05) is 0 Å². The van der Waals surface area contributed by atoms with Crippen molar-refractivity contribution in [3.05, 3.63) is 11.6 Å². The van der Waals surface area contributed by atoms with Crippen LogP contribution in [0.5, 0.6) is 0 Å². The van der Waals surface area contributed by atoms with Crippen molar-refractivity contribution in [2.24, 2.45) is 0 Å². The predicted octanol–water partition coefficient (Wildman–Crippen LogP) is 0.472. The molecule has 1 N–H and O–H groups in total. The topological polar surface area (TPSA) is 54.4 Å². The van der Waals surface area contributed by atoms with E-state index in [0.717, 1.165) is 0 Å². The van der Waals surface area contributed by atoms with Gasteiger partial charge in [0.1, 0.15) is 12.4 Å². The predicted molar refractivity (Wildman–Crippen MR) is 41.1 cm³/mol. The molecular weight excluding hydrogens is 144 g/mol. The summed E-state index contributed by atoms with van der Waals surface area (Å²) < 4.78 is 0. The monoisotopic (exact) mass is 156 g/mol. The smallest absolute Gasteiger partial charge is 0.158 e. The van der Waals surface area contributed by atoms with Crippen LogP contribution in [0.4, 0.5) is 0 Å². The number of carbonyl (C=O) groups is 2. The molecule has 0 amide bonds. The summed E-state index contributed by atoms with van der Waals surface area (Å²) in [6.07, 6.45) is 1.48. The van der Waals surface area contributed by atoms with Gasteiger partial charge in [-0.3, -0.25) is 9.59 Å². The van der Waals surface area contributed by atoms with Crippen LogP contribution in [0.2, 0.25) is 0 Å². The van der Waals surface area contributed by atoms with Gasteiger partial charge in [-0.2, -0.15) is 0 Å². The van der Waals surface area contributed by atoms with Crippen LogP contribution < -0.4 is 0 Å². The quantitative estimate of drug-likeness (QED) is 0.475. The molecule has 1 atom stereocenters. The van der Waals surface area contributed by atoms with Crippen molar-refractivity contribution < 1.29 is 14.7 Å². The van der Waals surface area contributed by atoms with Gasteiger partial charge in [0.15, 0.2) is 5.78 Å². The average Bonchev–Trinajstić information content (AvgIpc) is 1.99. The third-order valence-corrected chi connectivity index (χ3v) is 1.32. The lowest BCUT2D eigenvalue weighted by Gasteiger charge is -2.00. The molecule has 0 spiro atoms. The molecule has 0 aliphatic carbocycles. The maximum absolute atomic E-state index is 10.5. The molecule has 0 saturated heterocycles. The fourth-order valence-electron chi connectivity index (χ4n) is 0.512. The second kappa shape index (κ2) is 4.79. The van der Waals surface area contributed by atoms with Crippen molar-refractivity contribution in [3.63, 3.8) is 0 Å². The first-order chi connectivity index (χ1) is 5.07. The number of aliphatic hydroxyl groups excluding tert-OH is 1. The van der Waals surface area contributed by atoms with E-state index in [1.54, 1.807) is 13.0 Å². The minimum Gasteiger partial charge on any atom is -0.385 e. The molecule has 0 radical (unpaired) electrons. The van der Waals surface area contributed by atoms with Gasteiger partial charge in [-0.25, -0.2) is 0 Å². The molecule has 0 rings (SSSR count). The van der Waals surface area contributed by atoms with Gasteiger partial charge in [-0.15, -0.1) is 0 Å². The largest absolute Gasteiger partial charge is 0.385 e. The van der Waals surface area contributed by atoms with Gasteiger partial charge in [0.25, 0.3) is 0 Å². The first kappa shape index (κ1) is 10.0. The van der Waals surface area contributed by atoms with E-state index in [4.69, 9.17) is 5.11 Å². The van der Waals surface area contributed by atoms with E-state index in [0.29, 0.717) is 11.9 Å². The van der Waals surface area contributed by atoms with E-state index >= 15 is 0 Å². The summed E-state index contributed by atoms with van der Waals surface area (Å²) in [5.74, 6) is -0.278. The van der Waals surface area contributed by atoms with Gasteiger partial charge in [-0.1, -0.05) is 6.08 Å². The number of aldehydes is 1. The lowest BCUT2D eigenvalue weighted by atomic mass is 10.1. The zero-order valence-electron chi connectivity index (χ0n) is 6.70. The van der Waals surface area contributed by atoms with Crippen molar-refractivity contribution >= 4 is 12.1 Å². The fourth-order valence-corrected chi connectivity index (χ4v) is 0.512. The first-order valence-electron chi connectivity index (χ1n) is 3.38. The van der Waals surface area contributed by atoms with Crippen LogP contribution in [0.25, 0.3) is 0 Å². The molecule has 0 heterocycles. The Labute approximate surface area is 65.7 Å². The second-order valence-corrected chi connectivity index (χ2v) is 2.43. The summed E-state index contributed by atoms with van der Waals surface area (Å²) in [6.45, 7) is 2.94. The van der Waals surface area contributed by atoms with Crippen molar-refractivity contribution in [2.45, 2.75) is 26.4 Å². The Balaban J connectivity index is 3.87. The van der Waals surface area contributed by atoms with Gasteiger partial charge in [-0.05, 0) is 25.8 Å². The Hall–Kier alpha value is -0.960. The minimum atomic E-state index is -0.968. The average molecular weight is 156 g/mol. The van der Waals surface area contributed by atoms with E-state index in [2.05, 4.69) is 0 Å². The van der Waals surface area contributed by atoms with Crippen LogP contribution in [-0.2, 0) is 9.59 Å². The maximum atomic E-state index is 10.5. The highest BCUT2D eigenvalue weighted by Gasteiger charge is 2.06. The molecule has 0 aliphatic rings. The summed E-state index contributed by atoms with van der Waals surface area (Å²) in [5, 5.41) is 8.96. The van der Waals surface area contributed by atoms with Gasteiger partial charge < -0.3 is 5.11 Å². The first-order valence-corrected chi connectivity index (χ1v) is 3.38. The van der Waals surface area contributed by atoms with Gasteiger partial charge in [0.2, 0.25) is 0 Å². The normalized spacial score (nSPS) is 14.3. The molecular formula is C8H12O3. The summed E-state index contributed by atoms with van der Waals surface area (Å²) in [5.41, 5.74) is 0.533. The SMILES string of the molecule is CC(=O)C(O)C/C=C(\C)C=O. The zero-order chi connectivity index (χ0) is 8.85. The lowest BCUT2D eigenvalue weighted by molar-refractivity contribution is -0.124. The van der Waals surface area contributed by atoms with Crippen LogP contribution in [0.15, 0.2) is 11.6 Å². The van der Waals surface area contributed by atoms with Crippen molar-refractivity contribution in [1.82, 2.24) is 0 Å². The summed E-state index contributed by atoms with van der Waals surface area (Å²) in [7, 11) is 0. The molecule has 11 heavy (non-hydrogen) atoms. The molecule has 3 heteroatoms. The van der Waals surface area contributed by atoms with Gasteiger partial charge in [0.05, 0.1) is 0 Å². The number of hydrogen-bond donors (Lipinski definition) is 1. The highest BCUT2D eigenvalue weighted by molar-refractivity contribution is 5.80. The molecule has 0 bridgehead atoms. The van der Waals surface area contributed by atoms with Crippen LogP contribution in [-0.4, -0.2) is 23.3 Å². The third kappa shape index (κ3) is 4.44. The van der Waals surface area contributed by atoms with E-state index in [-0.39, 0.29) is 12.2 Å². The molecule has 0 aromatic rings. The molecule has 0 aromatic heterocycles. The Bertz CT molecular complexity index is 182. The van der Waals surface area contributed by atoms with E-state index in [1.165, 1.54) is 6.92 Å². The van der Waals surface area contributed by atoms with Crippen LogP contribution in [0.3, 0.4) is 0 Å². The molecule has 0 fully saturated rings. The number of ketones is 1. The Morgan fingerprint density at radius 2 is 2.09 bits per heavy atom. The van der Waals surface area contributed by atoms with Gasteiger partial charge >= 0.3 is 0 Å². The van der Waals surface area contributed by atoms with Crippen LogP contribution in [0, 0.1) is 0 Å². The zero-order valence-corrected chi connectivity index (χ0v) is 6.70.